The molecule has 0 unspecified atom stereocenters. The van der Waals surface area contributed by atoms with Gasteiger partial charge < -0.3 is 5.32 Å². The van der Waals surface area contributed by atoms with E-state index in [0.717, 1.165) is 15.6 Å². The Morgan fingerprint density at radius 3 is 2.62 bits per heavy atom. The van der Waals surface area contributed by atoms with Crippen molar-refractivity contribution in [3.8, 4) is 0 Å². The zero-order chi connectivity index (χ0) is 17.0. The van der Waals surface area contributed by atoms with E-state index in [1.165, 1.54) is 15.9 Å². The normalized spacial score (nSPS) is 12.2. The Morgan fingerprint density at radius 1 is 1.17 bits per heavy atom. The zero-order valence-corrected chi connectivity index (χ0v) is 14.9. The van der Waals surface area contributed by atoms with Crippen molar-refractivity contribution in [2.45, 2.75) is 39.8 Å². The second-order valence-corrected chi connectivity index (χ2v) is 7.54. The number of nitrogens with one attached hydrogen (secondary N) is 1. The van der Waals surface area contributed by atoms with Crippen LogP contribution in [0, 0.1) is 0 Å². The molecule has 0 aliphatic heterocycles. The quantitative estimate of drug-likeness (QED) is 0.618. The fourth-order valence-corrected chi connectivity index (χ4v) is 4.01. The van der Waals surface area contributed by atoms with E-state index in [2.05, 4.69) is 24.3 Å². The third-order valence-corrected chi connectivity index (χ3v) is 5.08. The molecule has 4 rings (SSSR count). The van der Waals surface area contributed by atoms with Gasteiger partial charge in [-0.25, -0.2) is 4.98 Å². The summed E-state index contributed by atoms with van der Waals surface area (Å²) in [6, 6.07) is 8.34. The molecule has 6 nitrogen and oxygen atoms in total. The minimum Gasteiger partial charge on any atom is -0.352 e. The molecule has 7 heteroatoms. The van der Waals surface area contributed by atoms with Crippen LogP contribution in [0.4, 0.5) is 5.95 Å². The van der Waals surface area contributed by atoms with Crippen molar-refractivity contribution in [2.24, 2.45) is 0 Å². The highest BCUT2D eigenvalue weighted by molar-refractivity contribution is 7.25. The van der Waals surface area contributed by atoms with Crippen LogP contribution in [0.3, 0.4) is 0 Å². The molecule has 1 aromatic carbocycles. The van der Waals surface area contributed by atoms with Crippen LogP contribution in [0.2, 0.25) is 0 Å². The van der Waals surface area contributed by atoms with Gasteiger partial charge in [-0.05, 0) is 33.8 Å². The third-order valence-electron chi connectivity index (χ3n) is 3.93. The predicted octanol–water partition coefficient (Wildman–Crippen LogP) is 3.66. The molecule has 3 aromatic heterocycles. The van der Waals surface area contributed by atoms with Crippen molar-refractivity contribution in [3.63, 3.8) is 0 Å². The number of thiophene rings is 1. The van der Waals surface area contributed by atoms with E-state index in [-0.39, 0.29) is 17.6 Å². The monoisotopic (exact) mass is 341 g/mol. The molecular formula is C17H19N5OS. The van der Waals surface area contributed by atoms with Crippen molar-refractivity contribution in [3.05, 3.63) is 34.6 Å². The highest BCUT2D eigenvalue weighted by atomic mass is 32.1. The van der Waals surface area contributed by atoms with Gasteiger partial charge in [-0.3, -0.25) is 9.36 Å². The molecule has 0 amide bonds. The van der Waals surface area contributed by atoms with Crippen LogP contribution in [0.1, 0.15) is 33.7 Å². The van der Waals surface area contributed by atoms with Crippen LogP contribution in [0.5, 0.6) is 0 Å². The van der Waals surface area contributed by atoms with E-state index in [1.54, 1.807) is 0 Å². The van der Waals surface area contributed by atoms with Gasteiger partial charge in [0.25, 0.3) is 5.56 Å². The van der Waals surface area contributed by atoms with Crippen LogP contribution in [0.15, 0.2) is 29.1 Å². The Morgan fingerprint density at radius 2 is 1.92 bits per heavy atom. The Kier molecular flexibility index (Phi) is 3.35. The van der Waals surface area contributed by atoms with Crippen molar-refractivity contribution in [1.82, 2.24) is 19.2 Å². The molecule has 0 aliphatic carbocycles. The van der Waals surface area contributed by atoms with Crippen LogP contribution in [0.25, 0.3) is 26.1 Å². The summed E-state index contributed by atoms with van der Waals surface area (Å²) < 4.78 is 5.12. The Labute approximate surface area is 142 Å². The van der Waals surface area contributed by atoms with E-state index in [1.807, 2.05) is 42.7 Å². The maximum atomic E-state index is 13.0. The lowest BCUT2D eigenvalue weighted by atomic mass is 10.2. The summed E-state index contributed by atoms with van der Waals surface area (Å²) in [5.74, 6) is 1.25. The van der Waals surface area contributed by atoms with Gasteiger partial charge >= 0.3 is 0 Å². The lowest BCUT2D eigenvalue weighted by molar-refractivity contribution is 0.613. The minimum atomic E-state index is -0.109. The second-order valence-electron chi connectivity index (χ2n) is 6.49. The van der Waals surface area contributed by atoms with Crippen molar-refractivity contribution >= 4 is 43.4 Å². The molecule has 0 spiro atoms. The van der Waals surface area contributed by atoms with E-state index >= 15 is 0 Å². The summed E-state index contributed by atoms with van der Waals surface area (Å²) in [4.78, 5) is 17.8. The maximum Gasteiger partial charge on any atom is 0.293 e. The maximum absolute atomic E-state index is 13.0. The number of anilines is 1. The number of hydrogen-bond acceptors (Lipinski definition) is 5. The highest BCUT2D eigenvalue weighted by Crippen LogP contribution is 2.31. The summed E-state index contributed by atoms with van der Waals surface area (Å²) in [5.41, 5.74) is 0.654. The molecule has 0 fully saturated rings. The Bertz CT molecular complexity index is 1120. The van der Waals surface area contributed by atoms with Crippen molar-refractivity contribution in [1.29, 1.82) is 0 Å². The van der Waals surface area contributed by atoms with Gasteiger partial charge in [-0.2, -0.15) is 4.52 Å². The second kappa shape index (κ2) is 5.31. The van der Waals surface area contributed by atoms with Gasteiger partial charge in [0, 0.05) is 22.2 Å². The number of nitrogens with zero attached hydrogens (tertiary/aromatic N) is 4. The van der Waals surface area contributed by atoms with Gasteiger partial charge in [0.15, 0.2) is 0 Å². The third kappa shape index (κ3) is 2.11. The first kappa shape index (κ1) is 15.1. The van der Waals surface area contributed by atoms with Crippen molar-refractivity contribution < 1.29 is 0 Å². The predicted molar refractivity (Wildman–Crippen MR) is 99.3 cm³/mol. The minimum absolute atomic E-state index is 0.109. The van der Waals surface area contributed by atoms with Gasteiger partial charge in [0.2, 0.25) is 11.7 Å². The van der Waals surface area contributed by atoms with E-state index in [4.69, 9.17) is 4.98 Å². The average Bonchev–Trinajstić information content (AvgIpc) is 3.06. The lowest BCUT2D eigenvalue weighted by Gasteiger charge is -2.14. The molecule has 24 heavy (non-hydrogen) atoms. The molecule has 4 aromatic rings. The summed E-state index contributed by atoms with van der Waals surface area (Å²) in [6.07, 6.45) is 0. The molecule has 124 valence electrons. The van der Waals surface area contributed by atoms with Crippen LogP contribution in [-0.2, 0) is 0 Å². The molecule has 0 atom stereocenters. The average molecular weight is 341 g/mol. The molecule has 1 N–H and O–H groups in total. The van der Waals surface area contributed by atoms with Gasteiger partial charge in [0.1, 0.15) is 4.70 Å². The number of aromatic nitrogens is 4. The molecule has 0 bridgehead atoms. The van der Waals surface area contributed by atoms with Gasteiger partial charge in [0.05, 0.1) is 5.52 Å². The van der Waals surface area contributed by atoms with Crippen LogP contribution >= 0.6 is 11.3 Å². The standard InChI is InChI=1S/C17H19N5OS/c1-9(2)18-16-20-22-15(23)14-13(19-17(22)21(16)10(3)4)11-7-5-6-8-12(11)24-14/h5-10H,1-4H3,(H,18,20). The topological polar surface area (TPSA) is 64.2 Å². The summed E-state index contributed by atoms with van der Waals surface area (Å²) in [7, 11) is 0. The first-order chi connectivity index (χ1) is 11.5. The molecule has 3 heterocycles. The smallest absolute Gasteiger partial charge is 0.293 e. The first-order valence-electron chi connectivity index (χ1n) is 8.06. The SMILES string of the molecule is CC(C)Nc1nn2c(=O)c3sc4ccccc4c3nc2n1C(C)C. The van der Waals surface area contributed by atoms with Crippen LogP contribution < -0.4 is 10.9 Å². The first-order valence-corrected chi connectivity index (χ1v) is 8.88. The van der Waals surface area contributed by atoms with Crippen LogP contribution in [-0.4, -0.2) is 25.2 Å². The highest BCUT2D eigenvalue weighted by Gasteiger charge is 2.20. The summed E-state index contributed by atoms with van der Waals surface area (Å²) in [6.45, 7) is 8.23. The summed E-state index contributed by atoms with van der Waals surface area (Å²) >= 11 is 1.48. The number of benzene rings is 1. The zero-order valence-electron chi connectivity index (χ0n) is 14.1. The molecule has 0 radical (unpaired) electrons. The lowest BCUT2D eigenvalue weighted by Crippen LogP contribution is -2.16. The number of hydrogen-bond donors (Lipinski definition) is 1. The van der Waals surface area contributed by atoms with Crippen molar-refractivity contribution in [2.75, 3.05) is 5.32 Å². The van der Waals surface area contributed by atoms with Gasteiger partial charge in [-0.1, -0.05) is 18.2 Å². The van der Waals surface area contributed by atoms with E-state index < -0.39 is 0 Å². The number of rotatable bonds is 3. The molecular weight excluding hydrogens is 322 g/mol. The largest absolute Gasteiger partial charge is 0.352 e. The Hall–Kier alpha value is -2.41. The fraction of sp³-hybridized carbons (Fsp3) is 0.353. The summed E-state index contributed by atoms with van der Waals surface area (Å²) in [5, 5.41) is 8.83. The van der Waals surface area contributed by atoms with E-state index in [0.29, 0.717) is 16.4 Å². The van der Waals surface area contributed by atoms with E-state index in [9.17, 15) is 4.79 Å². The molecule has 0 saturated heterocycles. The van der Waals surface area contributed by atoms with Gasteiger partial charge in [-0.15, -0.1) is 16.4 Å². The number of fused-ring (bicyclic) bond motifs is 4. The molecule has 0 aliphatic rings. The molecule has 0 saturated carbocycles. The fourth-order valence-electron chi connectivity index (χ4n) is 2.94. The Balaban J connectivity index is 2.15.